The fourth-order valence-corrected chi connectivity index (χ4v) is 3.61. The molecule has 2 aromatic heterocycles. The molecule has 4 aromatic rings. The Hall–Kier alpha value is -3.45. The largest absolute Gasteiger partial charge is 0.493 e. The summed E-state index contributed by atoms with van der Waals surface area (Å²) in [6, 6.07) is 18.6. The second kappa shape index (κ2) is 8.06. The molecule has 0 aliphatic heterocycles. The van der Waals surface area contributed by atoms with Crippen LogP contribution in [0.3, 0.4) is 0 Å². The maximum atomic E-state index is 12.3. The standard InChI is InChI=1S/C21H17N3O3S/c1-26-17-9-2-3-10-18(17)27-13-19(25)23-15-7-4-6-14(12-15)20-24-16-8-5-11-22-21(16)28-20/h2-12H,13H2,1H3,(H,23,25). The van der Waals surface area contributed by atoms with Gasteiger partial charge in [-0.15, -0.1) is 0 Å². The van der Waals surface area contributed by atoms with Gasteiger partial charge in [0.25, 0.3) is 5.91 Å². The van der Waals surface area contributed by atoms with Crippen LogP contribution in [-0.2, 0) is 4.79 Å². The number of aromatic nitrogens is 2. The van der Waals surface area contributed by atoms with Crippen LogP contribution in [0.15, 0.2) is 66.9 Å². The summed E-state index contributed by atoms with van der Waals surface area (Å²) in [5.41, 5.74) is 2.46. The molecule has 0 aliphatic carbocycles. The number of carbonyl (C=O) groups excluding carboxylic acids is 1. The Morgan fingerprint density at radius 2 is 1.93 bits per heavy atom. The van der Waals surface area contributed by atoms with Crippen LogP contribution in [0, 0.1) is 0 Å². The summed E-state index contributed by atoms with van der Waals surface area (Å²) in [4.78, 5) is 22.1. The number of rotatable bonds is 6. The topological polar surface area (TPSA) is 73.3 Å². The molecule has 2 heterocycles. The molecule has 2 aromatic carbocycles. The van der Waals surface area contributed by atoms with Crippen molar-refractivity contribution in [1.29, 1.82) is 0 Å². The lowest BCUT2D eigenvalue weighted by Crippen LogP contribution is -2.20. The Morgan fingerprint density at radius 1 is 1.07 bits per heavy atom. The molecule has 6 nitrogen and oxygen atoms in total. The highest BCUT2D eigenvalue weighted by Crippen LogP contribution is 2.30. The number of thiazole rings is 1. The Labute approximate surface area is 165 Å². The molecule has 0 unspecified atom stereocenters. The van der Waals surface area contributed by atoms with E-state index in [0.717, 1.165) is 20.9 Å². The van der Waals surface area contributed by atoms with E-state index in [-0.39, 0.29) is 12.5 Å². The maximum absolute atomic E-state index is 12.3. The van der Waals surface area contributed by atoms with Crippen LogP contribution in [-0.4, -0.2) is 29.6 Å². The molecule has 140 valence electrons. The number of amides is 1. The highest BCUT2D eigenvalue weighted by molar-refractivity contribution is 7.21. The third-order valence-corrected chi connectivity index (χ3v) is 5.02. The number of hydrogen-bond acceptors (Lipinski definition) is 6. The average Bonchev–Trinajstić information content (AvgIpc) is 3.17. The summed E-state index contributed by atoms with van der Waals surface area (Å²) in [6.07, 6.45) is 1.75. The first-order valence-electron chi connectivity index (χ1n) is 8.60. The quantitative estimate of drug-likeness (QED) is 0.528. The molecule has 0 radical (unpaired) electrons. The summed E-state index contributed by atoms with van der Waals surface area (Å²) in [5.74, 6) is 0.853. The number of para-hydroxylation sites is 2. The van der Waals surface area contributed by atoms with Gasteiger partial charge in [-0.05, 0) is 36.4 Å². The molecule has 0 atom stereocenters. The molecular formula is C21H17N3O3S. The van der Waals surface area contributed by atoms with Gasteiger partial charge in [0.1, 0.15) is 15.4 Å². The van der Waals surface area contributed by atoms with Gasteiger partial charge >= 0.3 is 0 Å². The van der Waals surface area contributed by atoms with Gasteiger partial charge in [-0.2, -0.15) is 0 Å². The zero-order valence-corrected chi connectivity index (χ0v) is 15.9. The van der Waals surface area contributed by atoms with Crippen LogP contribution < -0.4 is 14.8 Å². The molecule has 0 fully saturated rings. The van der Waals surface area contributed by atoms with E-state index < -0.39 is 0 Å². The molecule has 4 rings (SSSR count). The monoisotopic (exact) mass is 391 g/mol. The molecular weight excluding hydrogens is 374 g/mol. The van der Waals surface area contributed by atoms with Gasteiger partial charge in [-0.25, -0.2) is 9.97 Å². The first-order chi connectivity index (χ1) is 13.7. The second-order valence-electron chi connectivity index (χ2n) is 5.92. The van der Waals surface area contributed by atoms with Gasteiger partial charge in [-0.1, -0.05) is 35.6 Å². The molecule has 1 N–H and O–H groups in total. The van der Waals surface area contributed by atoms with E-state index >= 15 is 0 Å². The van der Waals surface area contributed by atoms with Gasteiger partial charge in [0, 0.05) is 17.4 Å². The fourth-order valence-electron chi connectivity index (χ4n) is 2.70. The van der Waals surface area contributed by atoms with E-state index in [9.17, 15) is 4.79 Å². The first kappa shape index (κ1) is 17.9. The van der Waals surface area contributed by atoms with Crippen molar-refractivity contribution in [2.75, 3.05) is 19.0 Å². The van der Waals surface area contributed by atoms with Crippen molar-refractivity contribution in [3.8, 4) is 22.1 Å². The van der Waals surface area contributed by atoms with Crippen LogP contribution in [0.4, 0.5) is 5.69 Å². The van der Waals surface area contributed by atoms with Gasteiger partial charge in [0.15, 0.2) is 18.1 Å². The van der Waals surface area contributed by atoms with E-state index in [1.165, 1.54) is 11.3 Å². The number of hydrogen-bond donors (Lipinski definition) is 1. The van der Waals surface area contributed by atoms with Crippen molar-refractivity contribution in [2.45, 2.75) is 0 Å². The molecule has 0 aliphatic rings. The molecule has 28 heavy (non-hydrogen) atoms. The minimum absolute atomic E-state index is 0.115. The third-order valence-electron chi connectivity index (χ3n) is 3.99. The van der Waals surface area contributed by atoms with Gasteiger partial charge in [0.05, 0.1) is 7.11 Å². The minimum Gasteiger partial charge on any atom is -0.493 e. The number of ether oxygens (including phenoxy) is 2. The predicted molar refractivity (Wildman–Crippen MR) is 110 cm³/mol. The third kappa shape index (κ3) is 3.94. The van der Waals surface area contributed by atoms with Crippen LogP contribution in [0.25, 0.3) is 20.9 Å². The summed E-state index contributed by atoms with van der Waals surface area (Å²) in [5, 5.41) is 3.71. The minimum atomic E-state index is -0.256. The second-order valence-corrected chi connectivity index (χ2v) is 6.89. The lowest BCUT2D eigenvalue weighted by molar-refractivity contribution is -0.118. The molecule has 0 spiro atoms. The number of nitrogens with one attached hydrogen (secondary N) is 1. The Morgan fingerprint density at radius 3 is 2.75 bits per heavy atom. The summed E-state index contributed by atoms with van der Waals surface area (Å²) in [7, 11) is 1.56. The lowest BCUT2D eigenvalue weighted by atomic mass is 10.2. The molecule has 7 heteroatoms. The normalized spacial score (nSPS) is 10.6. The van der Waals surface area contributed by atoms with Crippen molar-refractivity contribution in [2.24, 2.45) is 0 Å². The van der Waals surface area contributed by atoms with Crippen molar-refractivity contribution >= 4 is 33.3 Å². The zero-order chi connectivity index (χ0) is 19.3. The number of methoxy groups -OCH3 is 1. The summed E-state index contributed by atoms with van der Waals surface area (Å²) < 4.78 is 10.8. The van der Waals surface area contributed by atoms with E-state index in [1.54, 1.807) is 25.4 Å². The summed E-state index contributed by atoms with van der Waals surface area (Å²) in [6.45, 7) is -0.115. The van der Waals surface area contributed by atoms with Crippen molar-refractivity contribution in [1.82, 2.24) is 9.97 Å². The Bertz CT molecular complexity index is 1090. The number of anilines is 1. The van der Waals surface area contributed by atoms with Crippen molar-refractivity contribution in [3.63, 3.8) is 0 Å². The van der Waals surface area contributed by atoms with Crippen LogP contribution in [0.5, 0.6) is 11.5 Å². The number of pyridine rings is 1. The molecule has 0 saturated heterocycles. The molecule has 0 saturated carbocycles. The first-order valence-corrected chi connectivity index (χ1v) is 9.42. The van der Waals surface area contributed by atoms with Crippen molar-refractivity contribution < 1.29 is 14.3 Å². The molecule has 1 amide bonds. The van der Waals surface area contributed by atoms with E-state index in [4.69, 9.17) is 9.47 Å². The van der Waals surface area contributed by atoms with Crippen LogP contribution >= 0.6 is 11.3 Å². The van der Waals surface area contributed by atoms with Crippen LogP contribution in [0.2, 0.25) is 0 Å². The van der Waals surface area contributed by atoms with Crippen LogP contribution in [0.1, 0.15) is 0 Å². The van der Waals surface area contributed by atoms with E-state index in [1.807, 2.05) is 48.5 Å². The maximum Gasteiger partial charge on any atom is 0.262 e. The predicted octanol–water partition coefficient (Wildman–Crippen LogP) is 4.38. The highest BCUT2D eigenvalue weighted by Gasteiger charge is 2.10. The number of benzene rings is 2. The van der Waals surface area contributed by atoms with Gasteiger partial charge in [0.2, 0.25) is 0 Å². The van der Waals surface area contributed by atoms with E-state index in [0.29, 0.717) is 17.2 Å². The lowest BCUT2D eigenvalue weighted by Gasteiger charge is -2.10. The van der Waals surface area contributed by atoms with Gasteiger partial charge in [-0.3, -0.25) is 4.79 Å². The Kier molecular flexibility index (Phi) is 5.16. The fraction of sp³-hybridized carbons (Fsp3) is 0.0952. The van der Waals surface area contributed by atoms with E-state index in [2.05, 4.69) is 15.3 Å². The number of nitrogens with zero attached hydrogens (tertiary/aromatic N) is 2. The van der Waals surface area contributed by atoms with Crippen molar-refractivity contribution in [3.05, 3.63) is 66.9 Å². The smallest absolute Gasteiger partial charge is 0.262 e. The number of carbonyl (C=O) groups is 1. The average molecular weight is 391 g/mol. The summed E-state index contributed by atoms with van der Waals surface area (Å²) >= 11 is 1.52. The van der Waals surface area contributed by atoms with Gasteiger partial charge < -0.3 is 14.8 Å². The molecule has 0 bridgehead atoms. The Balaban J connectivity index is 1.45. The SMILES string of the molecule is COc1ccccc1OCC(=O)Nc1cccc(-c2nc3cccnc3s2)c1. The zero-order valence-electron chi connectivity index (χ0n) is 15.1. The highest BCUT2D eigenvalue weighted by atomic mass is 32.1. The number of fused-ring (bicyclic) bond motifs is 1.